The SMILES string of the molecule is CC(C)(C)OC(=O)NC1Cc2cc(Br)ccc2N(c2ccc(C(F)(F)F)cc2)C1. The number of rotatable bonds is 2. The molecule has 1 heterocycles. The number of alkyl carbamates (subject to hydrolysis) is 1. The van der Waals surface area contributed by atoms with Crippen LogP contribution in [0.1, 0.15) is 31.9 Å². The van der Waals surface area contributed by atoms with Gasteiger partial charge in [-0.05, 0) is 75.2 Å². The summed E-state index contributed by atoms with van der Waals surface area (Å²) in [4.78, 5) is 14.1. The molecule has 0 bridgehead atoms. The molecule has 0 aromatic heterocycles. The quantitative estimate of drug-likeness (QED) is 0.580. The Balaban J connectivity index is 1.88. The maximum Gasteiger partial charge on any atom is 0.416 e. The first-order chi connectivity index (χ1) is 13.4. The lowest BCUT2D eigenvalue weighted by Gasteiger charge is -2.37. The minimum Gasteiger partial charge on any atom is -0.444 e. The number of halogens is 4. The molecule has 0 spiro atoms. The van der Waals surface area contributed by atoms with Crippen LogP contribution in [0.4, 0.5) is 29.3 Å². The first-order valence-electron chi connectivity index (χ1n) is 9.15. The Hall–Kier alpha value is -2.22. The van der Waals surface area contributed by atoms with Crippen LogP contribution in [0.2, 0.25) is 0 Å². The molecular formula is C21H22BrF3N2O2. The highest BCUT2D eigenvalue weighted by Crippen LogP contribution is 2.37. The van der Waals surface area contributed by atoms with Crippen LogP contribution in [0, 0.1) is 0 Å². The van der Waals surface area contributed by atoms with E-state index in [2.05, 4.69) is 21.2 Å². The van der Waals surface area contributed by atoms with Crippen LogP contribution in [-0.2, 0) is 17.3 Å². The predicted octanol–water partition coefficient (Wildman–Crippen LogP) is 6.06. The smallest absolute Gasteiger partial charge is 0.416 e. The van der Waals surface area contributed by atoms with Gasteiger partial charge in [0.2, 0.25) is 0 Å². The molecule has 1 aliphatic heterocycles. The molecule has 1 amide bonds. The summed E-state index contributed by atoms with van der Waals surface area (Å²) in [5.41, 5.74) is 1.18. The second kappa shape index (κ2) is 7.89. The van der Waals surface area contributed by atoms with Crippen LogP contribution < -0.4 is 10.2 Å². The molecular weight excluding hydrogens is 449 g/mol. The third kappa shape index (κ3) is 5.44. The minimum absolute atomic E-state index is 0.256. The topological polar surface area (TPSA) is 41.6 Å². The van der Waals surface area contributed by atoms with Gasteiger partial charge in [-0.2, -0.15) is 13.2 Å². The zero-order valence-electron chi connectivity index (χ0n) is 16.3. The summed E-state index contributed by atoms with van der Waals surface area (Å²) in [6.45, 7) is 5.77. The van der Waals surface area contributed by atoms with E-state index in [0.29, 0.717) is 18.7 Å². The Kier molecular flexibility index (Phi) is 5.85. The van der Waals surface area contributed by atoms with Crippen molar-refractivity contribution in [2.24, 2.45) is 0 Å². The molecule has 0 saturated heterocycles. The average molecular weight is 471 g/mol. The number of benzene rings is 2. The van der Waals surface area contributed by atoms with E-state index >= 15 is 0 Å². The monoisotopic (exact) mass is 470 g/mol. The standard InChI is InChI=1S/C21H22BrF3N2O2/c1-20(2,3)29-19(28)26-16-11-13-10-15(22)6-9-18(13)27(12-16)17-7-4-14(5-8-17)21(23,24)25/h4-10,16H,11-12H2,1-3H3,(H,26,28). The second-order valence-electron chi connectivity index (χ2n) is 7.98. The molecule has 1 atom stereocenters. The molecule has 2 aromatic carbocycles. The molecule has 1 N–H and O–H groups in total. The van der Waals surface area contributed by atoms with Crippen molar-refractivity contribution in [1.29, 1.82) is 0 Å². The van der Waals surface area contributed by atoms with E-state index in [4.69, 9.17) is 4.74 Å². The zero-order chi connectivity index (χ0) is 21.4. The summed E-state index contributed by atoms with van der Waals surface area (Å²) in [6, 6.07) is 10.5. The van der Waals surface area contributed by atoms with Crippen molar-refractivity contribution in [3.8, 4) is 0 Å². The van der Waals surface area contributed by atoms with E-state index in [9.17, 15) is 18.0 Å². The van der Waals surface area contributed by atoms with Crippen molar-refractivity contribution in [1.82, 2.24) is 5.32 Å². The van der Waals surface area contributed by atoms with Crippen molar-refractivity contribution in [2.45, 2.75) is 45.0 Å². The molecule has 0 radical (unpaired) electrons. The number of anilines is 2. The summed E-state index contributed by atoms with van der Waals surface area (Å²) in [6.07, 6.45) is -4.32. The van der Waals surface area contributed by atoms with Crippen molar-refractivity contribution in [2.75, 3.05) is 11.4 Å². The fourth-order valence-corrected chi connectivity index (χ4v) is 3.68. The van der Waals surface area contributed by atoms with Gasteiger partial charge in [0.25, 0.3) is 0 Å². The summed E-state index contributed by atoms with van der Waals surface area (Å²) in [5, 5.41) is 2.87. The number of carbonyl (C=O) groups excluding carboxylic acids is 1. The average Bonchev–Trinajstić information content (AvgIpc) is 2.58. The number of carbonyl (C=O) groups is 1. The van der Waals surface area contributed by atoms with Gasteiger partial charge >= 0.3 is 12.3 Å². The highest BCUT2D eigenvalue weighted by molar-refractivity contribution is 9.10. The number of nitrogens with zero attached hydrogens (tertiary/aromatic N) is 1. The van der Waals surface area contributed by atoms with E-state index in [0.717, 1.165) is 27.9 Å². The van der Waals surface area contributed by atoms with Gasteiger partial charge in [-0.15, -0.1) is 0 Å². The fraction of sp³-hybridized carbons (Fsp3) is 0.381. The molecule has 1 aliphatic rings. The Labute approximate surface area is 176 Å². The maximum atomic E-state index is 12.9. The summed E-state index contributed by atoms with van der Waals surface area (Å²) < 4.78 is 45.0. The molecule has 0 saturated carbocycles. The first-order valence-corrected chi connectivity index (χ1v) is 9.94. The highest BCUT2D eigenvalue weighted by atomic mass is 79.9. The first kappa shape index (κ1) is 21.5. The molecule has 4 nitrogen and oxygen atoms in total. The van der Waals surface area contributed by atoms with E-state index in [1.807, 2.05) is 23.1 Å². The highest BCUT2D eigenvalue weighted by Gasteiger charge is 2.32. The molecule has 1 unspecified atom stereocenters. The van der Waals surface area contributed by atoms with Crippen molar-refractivity contribution >= 4 is 33.4 Å². The molecule has 0 aliphatic carbocycles. The Morgan fingerprint density at radius 1 is 1.14 bits per heavy atom. The molecule has 8 heteroatoms. The summed E-state index contributed by atoms with van der Waals surface area (Å²) >= 11 is 3.45. The molecule has 29 heavy (non-hydrogen) atoms. The van der Waals surface area contributed by atoms with Crippen molar-refractivity contribution < 1.29 is 22.7 Å². The van der Waals surface area contributed by atoms with Crippen LogP contribution in [-0.4, -0.2) is 24.3 Å². The number of alkyl halides is 3. The number of ether oxygens (including phenoxy) is 1. The molecule has 156 valence electrons. The van der Waals surface area contributed by atoms with Gasteiger partial charge in [-0.25, -0.2) is 4.79 Å². The van der Waals surface area contributed by atoms with E-state index < -0.39 is 23.4 Å². The van der Waals surface area contributed by atoms with Crippen LogP contribution in [0.25, 0.3) is 0 Å². The van der Waals surface area contributed by atoms with Crippen LogP contribution >= 0.6 is 15.9 Å². The third-order valence-corrected chi connectivity index (χ3v) is 4.92. The lowest BCUT2D eigenvalue weighted by Crippen LogP contribution is -2.48. The van der Waals surface area contributed by atoms with Crippen molar-refractivity contribution in [3.05, 3.63) is 58.1 Å². The number of fused-ring (bicyclic) bond motifs is 1. The minimum atomic E-state index is -4.38. The number of hydrogen-bond acceptors (Lipinski definition) is 3. The molecule has 2 aromatic rings. The van der Waals surface area contributed by atoms with Gasteiger partial charge in [0.1, 0.15) is 5.60 Å². The Bertz CT molecular complexity index is 892. The van der Waals surface area contributed by atoms with Gasteiger partial charge in [0.15, 0.2) is 0 Å². The van der Waals surface area contributed by atoms with E-state index in [1.54, 1.807) is 20.8 Å². The van der Waals surface area contributed by atoms with Crippen LogP contribution in [0.3, 0.4) is 0 Å². The van der Waals surface area contributed by atoms with Crippen LogP contribution in [0.15, 0.2) is 46.9 Å². The normalized spacial score (nSPS) is 16.9. The summed E-state index contributed by atoms with van der Waals surface area (Å²) in [7, 11) is 0. The molecule has 0 fully saturated rings. The van der Waals surface area contributed by atoms with Crippen LogP contribution in [0.5, 0.6) is 0 Å². The lowest BCUT2D eigenvalue weighted by molar-refractivity contribution is -0.137. The fourth-order valence-electron chi connectivity index (χ4n) is 3.28. The largest absolute Gasteiger partial charge is 0.444 e. The van der Waals surface area contributed by atoms with E-state index in [1.165, 1.54) is 12.1 Å². The number of nitrogens with one attached hydrogen (secondary N) is 1. The Morgan fingerprint density at radius 3 is 2.38 bits per heavy atom. The van der Waals surface area contributed by atoms with E-state index in [-0.39, 0.29) is 6.04 Å². The van der Waals surface area contributed by atoms with Gasteiger partial charge in [0, 0.05) is 22.4 Å². The predicted molar refractivity (Wildman–Crippen MR) is 109 cm³/mol. The molecule has 3 rings (SSSR count). The van der Waals surface area contributed by atoms with Gasteiger partial charge < -0.3 is 15.0 Å². The van der Waals surface area contributed by atoms with Gasteiger partial charge in [-0.3, -0.25) is 0 Å². The number of amides is 1. The van der Waals surface area contributed by atoms with Gasteiger partial charge in [-0.1, -0.05) is 15.9 Å². The maximum absolute atomic E-state index is 12.9. The summed E-state index contributed by atoms with van der Waals surface area (Å²) in [5.74, 6) is 0. The van der Waals surface area contributed by atoms with Gasteiger partial charge in [0.05, 0.1) is 11.6 Å². The zero-order valence-corrected chi connectivity index (χ0v) is 17.9. The van der Waals surface area contributed by atoms with Crippen molar-refractivity contribution in [3.63, 3.8) is 0 Å². The Morgan fingerprint density at radius 2 is 1.79 bits per heavy atom. The number of hydrogen-bond donors (Lipinski definition) is 1. The third-order valence-electron chi connectivity index (χ3n) is 4.43. The lowest BCUT2D eigenvalue weighted by atomic mass is 9.97. The second-order valence-corrected chi connectivity index (χ2v) is 8.89.